The first kappa shape index (κ1) is 12.0. The van der Waals surface area contributed by atoms with Gasteiger partial charge in [0.25, 0.3) is 0 Å². The number of nitrogens with zero attached hydrogens (tertiary/aromatic N) is 1. The fourth-order valence-electron chi connectivity index (χ4n) is 5.07. The Labute approximate surface area is 108 Å². The van der Waals surface area contributed by atoms with Gasteiger partial charge in [-0.25, -0.2) is 0 Å². The van der Waals surface area contributed by atoms with Crippen LogP contribution in [0.2, 0.25) is 0 Å². The van der Waals surface area contributed by atoms with E-state index in [9.17, 15) is 4.79 Å². The highest BCUT2D eigenvalue weighted by molar-refractivity contribution is 5.82. The molecular weight excluding hydrogens is 226 g/mol. The van der Waals surface area contributed by atoms with Crippen LogP contribution in [0.15, 0.2) is 0 Å². The van der Waals surface area contributed by atoms with E-state index in [-0.39, 0.29) is 17.9 Å². The Hall–Kier alpha value is -1.08. The predicted molar refractivity (Wildman–Crippen MR) is 67.2 cm³/mol. The molecule has 98 valence electrons. The standard InChI is InChI=1S/C14H21N3O/c15-1-2-17-13(18)12(16)14-6-9-3-10(7-14)5-11(4-9)8-14/h9-12H,2-8,16H2,(H,17,18)/t9?,10?,11?,12-,14?/m1/s1. The molecule has 3 N–H and O–H groups in total. The van der Waals surface area contributed by atoms with Crippen molar-refractivity contribution in [2.24, 2.45) is 28.9 Å². The molecule has 1 amide bonds. The summed E-state index contributed by atoms with van der Waals surface area (Å²) in [4.78, 5) is 12.0. The molecule has 0 aromatic carbocycles. The fourth-order valence-corrected chi connectivity index (χ4v) is 5.07. The van der Waals surface area contributed by atoms with Crippen LogP contribution in [0.25, 0.3) is 0 Å². The number of nitrogens with one attached hydrogen (secondary N) is 1. The second-order valence-corrected chi connectivity index (χ2v) is 6.63. The summed E-state index contributed by atoms with van der Waals surface area (Å²) < 4.78 is 0. The van der Waals surface area contributed by atoms with Crippen LogP contribution in [0.3, 0.4) is 0 Å². The molecular formula is C14H21N3O. The van der Waals surface area contributed by atoms with Gasteiger partial charge in [0.15, 0.2) is 0 Å². The SMILES string of the molecule is N#CCNC(=O)[C@@H](N)C12CC3CC(CC(C3)C1)C2. The summed E-state index contributed by atoms with van der Waals surface area (Å²) >= 11 is 0. The zero-order valence-corrected chi connectivity index (χ0v) is 10.7. The Morgan fingerprint density at radius 3 is 2.22 bits per heavy atom. The lowest BCUT2D eigenvalue weighted by molar-refractivity contribution is -0.132. The summed E-state index contributed by atoms with van der Waals surface area (Å²) in [6.45, 7) is 0.0684. The van der Waals surface area contributed by atoms with Crippen molar-refractivity contribution in [3.05, 3.63) is 0 Å². The lowest BCUT2D eigenvalue weighted by Gasteiger charge is -2.58. The van der Waals surface area contributed by atoms with E-state index in [0.29, 0.717) is 0 Å². The van der Waals surface area contributed by atoms with Gasteiger partial charge in [-0.3, -0.25) is 4.79 Å². The molecule has 0 radical (unpaired) electrons. The van der Waals surface area contributed by atoms with E-state index < -0.39 is 6.04 Å². The largest absolute Gasteiger partial charge is 0.342 e. The van der Waals surface area contributed by atoms with Crippen LogP contribution in [0.1, 0.15) is 38.5 Å². The number of amides is 1. The van der Waals surface area contributed by atoms with E-state index >= 15 is 0 Å². The predicted octanol–water partition coefficient (Wildman–Crippen LogP) is 1.17. The molecule has 0 spiro atoms. The van der Waals surface area contributed by atoms with Gasteiger partial charge in [0, 0.05) is 0 Å². The van der Waals surface area contributed by atoms with Crippen LogP contribution < -0.4 is 11.1 Å². The molecule has 4 nitrogen and oxygen atoms in total. The molecule has 0 heterocycles. The maximum absolute atomic E-state index is 12.0. The van der Waals surface area contributed by atoms with Gasteiger partial charge in [0.1, 0.15) is 6.54 Å². The summed E-state index contributed by atoms with van der Waals surface area (Å²) in [5.41, 5.74) is 6.27. The topological polar surface area (TPSA) is 78.9 Å². The Balaban J connectivity index is 1.75. The maximum atomic E-state index is 12.0. The molecule has 1 atom stereocenters. The first-order valence-corrected chi connectivity index (χ1v) is 7.03. The number of hydrogen-bond acceptors (Lipinski definition) is 3. The van der Waals surface area contributed by atoms with Crippen LogP contribution in [-0.2, 0) is 4.79 Å². The van der Waals surface area contributed by atoms with Crippen LogP contribution in [0.5, 0.6) is 0 Å². The number of nitriles is 1. The number of nitrogens with two attached hydrogens (primary N) is 1. The van der Waals surface area contributed by atoms with E-state index in [4.69, 9.17) is 11.0 Å². The lowest BCUT2D eigenvalue weighted by Crippen LogP contribution is -2.59. The Morgan fingerprint density at radius 1 is 1.28 bits per heavy atom. The van der Waals surface area contributed by atoms with E-state index in [2.05, 4.69) is 5.32 Å². The average Bonchev–Trinajstić information content (AvgIpc) is 2.33. The molecule has 4 saturated carbocycles. The van der Waals surface area contributed by atoms with Gasteiger partial charge in [-0.05, 0) is 61.7 Å². The first-order chi connectivity index (χ1) is 8.63. The molecule has 4 aliphatic carbocycles. The molecule has 4 heteroatoms. The molecule has 4 rings (SSSR count). The molecule has 0 unspecified atom stereocenters. The van der Waals surface area contributed by atoms with Gasteiger partial charge in [-0.1, -0.05) is 0 Å². The van der Waals surface area contributed by atoms with E-state index in [1.54, 1.807) is 0 Å². The van der Waals surface area contributed by atoms with Crippen molar-refractivity contribution in [2.75, 3.05) is 6.54 Å². The molecule has 0 saturated heterocycles. The van der Waals surface area contributed by atoms with Crippen molar-refractivity contribution in [2.45, 2.75) is 44.6 Å². The van der Waals surface area contributed by atoms with Gasteiger partial charge in [-0.15, -0.1) is 0 Å². The number of rotatable bonds is 3. The fraction of sp³-hybridized carbons (Fsp3) is 0.857. The molecule has 0 aromatic rings. The number of carbonyl (C=O) groups excluding carboxylic acids is 1. The van der Waals surface area contributed by atoms with Crippen molar-refractivity contribution >= 4 is 5.91 Å². The zero-order chi connectivity index (χ0) is 12.8. The highest BCUT2D eigenvalue weighted by atomic mass is 16.2. The third-order valence-electron chi connectivity index (χ3n) is 5.37. The number of hydrogen-bond donors (Lipinski definition) is 2. The van der Waals surface area contributed by atoms with Crippen molar-refractivity contribution in [3.63, 3.8) is 0 Å². The average molecular weight is 247 g/mol. The third kappa shape index (κ3) is 1.81. The van der Waals surface area contributed by atoms with Crippen molar-refractivity contribution in [1.82, 2.24) is 5.32 Å². The monoisotopic (exact) mass is 247 g/mol. The minimum atomic E-state index is -0.417. The van der Waals surface area contributed by atoms with Crippen LogP contribution in [0.4, 0.5) is 0 Å². The van der Waals surface area contributed by atoms with Crippen molar-refractivity contribution in [1.29, 1.82) is 5.26 Å². The summed E-state index contributed by atoms with van der Waals surface area (Å²) in [5, 5.41) is 11.2. The Morgan fingerprint density at radius 2 is 1.78 bits per heavy atom. The van der Waals surface area contributed by atoms with Gasteiger partial charge >= 0.3 is 0 Å². The van der Waals surface area contributed by atoms with E-state index in [0.717, 1.165) is 37.0 Å². The molecule has 0 aromatic heterocycles. The Bertz CT molecular complexity index is 363. The van der Waals surface area contributed by atoms with E-state index in [1.165, 1.54) is 19.3 Å². The summed E-state index contributed by atoms with van der Waals surface area (Å²) in [7, 11) is 0. The quantitative estimate of drug-likeness (QED) is 0.735. The van der Waals surface area contributed by atoms with Gasteiger partial charge in [0.05, 0.1) is 12.1 Å². The van der Waals surface area contributed by atoms with Gasteiger partial charge < -0.3 is 11.1 Å². The zero-order valence-electron chi connectivity index (χ0n) is 10.7. The van der Waals surface area contributed by atoms with E-state index in [1.807, 2.05) is 6.07 Å². The smallest absolute Gasteiger partial charge is 0.238 e. The van der Waals surface area contributed by atoms with Gasteiger partial charge in [-0.2, -0.15) is 5.26 Å². The van der Waals surface area contributed by atoms with Crippen LogP contribution in [0, 0.1) is 34.5 Å². The number of carbonyl (C=O) groups is 1. The first-order valence-electron chi connectivity index (χ1n) is 7.03. The van der Waals surface area contributed by atoms with Gasteiger partial charge in [0.2, 0.25) is 5.91 Å². The lowest BCUT2D eigenvalue weighted by atomic mass is 9.47. The summed E-state index contributed by atoms with van der Waals surface area (Å²) in [6.07, 6.45) is 7.43. The molecule has 4 bridgehead atoms. The summed E-state index contributed by atoms with van der Waals surface area (Å²) in [6, 6.07) is 1.52. The summed E-state index contributed by atoms with van der Waals surface area (Å²) in [5.74, 6) is 2.27. The van der Waals surface area contributed by atoms with Crippen molar-refractivity contribution in [3.8, 4) is 6.07 Å². The molecule has 18 heavy (non-hydrogen) atoms. The Kier molecular flexibility index (Phi) is 2.82. The normalized spacial score (nSPS) is 42.3. The minimum Gasteiger partial charge on any atom is -0.342 e. The highest BCUT2D eigenvalue weighted by Crippen LogP contribution is 2.60. The molecule has 0 aliphatic heterocycles. The van der Waals surface area contributed by atoms with Crippen LogP contribution >= 0.6 is 0 Å². The second kappa shape index (κ2) is 4.24. The van der Waals surface area contributed by atoms with Crippen molar-refractivity contribution < 1.29 is 4.79 Å². The molecule has 4 aliphatic rings. The second-order valence-electron chi connectivity index (χ2n) is 6.63. The third-order valence-corrected chi connectivity index (χ3v) is 5.37. The molecule has 4 fully saturated rings. The highest BCUT2D eigenvalue weighted by Gasteiger charge is 2.54. The van der Waals surface area contributed by atoms with Crippen LogP contribution in [-0.4, -0.2) is 18.5 Å². The minimum absolute atomic E-state index is 0.0360. The maximum Gasteiger partial charge on any atom is 0.238 e.